The predicted molar refractivity (Wildman–Crippen MR) is 93.0 cm³/mol. The largest absolute Gasteiger partial charge is 0.382 e. The quantitative estimate of drug-likeness (QED) is 0.687. The minimum absolute atomic E-state index is 0.822. The van der Waals surface area contributed by atoms with Gasteiger partial charge in [0.25, 0.3) is 0 Å². The first-order chi connectivity index (χ1) is 10.3. The summed E-state index contributed by atoms with van der Waals surface area (Å²) in [6, 6.07) is 8.55. The van der Waals surface area contributed by atoms with E-state index in [2.05, 4.69) is 57.0 Å². The van der Waals surface area contributed by atoms with Crippen molar-refractivity contribution in [2.24, 2.45) is 0 Å². The van der Waals surface area contributed by atoms with Gasteiger partial charge in [-0.3, -0.25) is 0 Å². The van der Waals surface area contributed by atoms with Crippen molar-refractivity contribution in [3.63, 3.8) is 0 Å². The summed E-state index contributed by atoms with van der Waals surface area (Å²) >= 11 is 3.70. The molecule has 1 N–H and O–H groups in total. The number of benzene rings is 1. The second-order valence-electron chi connectivity index (χ2n) is 5.22. The average Bonchev–Trinajstić information content (AvgIpc) is 2.75. The van der Waals surface area contributed by atoms with Crippen molar-refractivity contribution in [3.8, 4) is 0 Å². The lowest BCUT2D eigenvalue weighted by Gasteiger charge is -2.09. The van der Waals surface area contributed by atoms with E-state index in [9.17, 15) is 0 Å². The monoisotopic (exact) mass is 352 g/mol. The number of hydrogen-bond donors (Lipinski definition) is 1. The van der Waals surface area contributed by atoms with E-state index in [-0.39, 0.29) is 0 Å². The Morgan fingerprint density at radius 1 is 1.19 bits per heavy atom. The normalized spacial score (nSPS) is 11.4. The van der Waals surface area contributed by atoms with Crippen LogP contribution in [0.25, 0.3) is 10.9 Å². The number of para-hydroxylation sites is 1. The Kier molecular flexibility index (Phi) is 6.74. The molecular formula is C17H25BrN2O. The topological polar surface area (TPSA) is 26.2 Å². The number of aromatic nitrogens is 1. The fraction of sp³-hybridized carbons (Fsp3) is 0.529. The van der Waals surface area contributed by atoms with Gasteiger partial charge in [-0.15, -0.1) is 0 Å². The summed E-state index contributed by atoms with van der Waals surface area (Å²) in [5.74, 6) is 0. The van der Waals surface area contributed by atoms with Gasteiger partial charge in [-0.05, 0) is 55.2 Å². The van der Waals surface area contributed by atoms with Crippen LogP contribution in [0.15, 0.2) is 28.7 Å². The Labute approximate surface area is 135 Å². The lowest BCUT2D eigenvalue weighted by atomic mass is 10.2. The summed E-state index contributed by atoms with van der Waals surface area (Å²) in [6.45, 7) is 8.98. The van der Waals surface area contributed by atoms with Gasteiger partial charge in [-0.25, -0.2) is 0 Å². The molecule has 1 aromatic carbocycles. The van der Waals surface area contributed by atoms with Crippen molar-refractivity contribution in [2.45, 2.75) is 33.2 Å². The van der Waals surface area contributed by atoms with Crippen LogP contribution < -0.4 is 5.32 Å². The first kappa shape index (κ1) is 16.5. The van der Waals surface area contributed by atoms with Crippen molar-refractivity contribution >= 4 is 26.8 Å². The number of unbranched alkanes of at least 4 members (excludes halogenated alkanes) is 1. The van der Waals surface area contributed by atoms with E-state index in [1.165, 1.54) is 27.5 Å². The smallest absolute Gasteiger partial charge is 0.0494 e. The standard InChI is InChI=1S/C17H25BrN2O/c1-3-21-13-7-6-10-19-11-12-20-14(2)17(18)15-8-4-5-9-16(15)20/h4-5,8-9,19H,3,6-7,10-13H2,1-2H3. The van der Waals surface area contributed by atoms with Gasteiger partial charge >= 0.3 is 0 Å². The average molecular weight is 353 g/mol. The van der Waals surface area contributed by atoms with Crippen molar-refractivity contribution in [1.29, 1.82) is 0 Å². The molecule has 3 nitrogen and oxygen atoms in total. The second-order valence-corrected chi connectivity index (χ2v) is 6.02. The van der Waals surface area contributed by atoms with Crippen molar-refractivity contribution in [2.75, 3.05) is 26.3 Å². The van der Waals surface area contributed by atoms with E-state index in [0.717, 1.165) is 39.3 Å². The highest BCUT2D eigenvalue weighted by Crippen LogP contribution is 2.30. The van der Waals surface area contributed by atoms with Crippen LogP contribution in [0.1, 0.15) is 25.5 Å². The number of fused-ring (bicyclic) bond motifs is 1. The molecule has 0 aliphatic heterocycles. The SMILES string of the molecule is CCOCCCCNCCn1c(C)c(Br)c2ccccc21. The van der Waals surface area contributed by atoms with Gasteiger partial charge in [0.15, 0.2) is 0 Å². The van der Waals surface area contributed by atoms with E-state index in [1.54, 1.807) is 0 Å². The van der Waals surface area contributed by atoms with Crippen molar-refractivity contribution in [1.82, 2.24) is 9.88 Å². The van der Waals surface area contributed by atoms with Crippen LogP contribution >= 0.6 is 15.9 Å². The van der Waals surface area contributed by atoms with E-state index < -0.39 is 0 Å². The Hall–Kier alpha value is -0.840. The van der Waals surface area contributed by atoms with E-state index >= 15 is 0 Å². The molecule has 0 amide bonds. The molecule has 4 heteroatoms. The second kappa shape index (κ2) is 8.57. The summed E-state index contributed by atoms with van der Waals surface area (Å²) in [6.07, 6.45) is 2.31. The fourth-order valence-corrected chi connectivity index (χ4v) is 3.14. The zero-order valence-electron chi connectivity index (χ0n) is 13.0. The van der Waals surface area contributed by atoms with Gasteiger partial charge < -0.3 is 14.6 Å². The molecule has 1 heterocycles. The Balaban J connectivity index is 1.80. The lowest BCUT2D eigenvalue weighted by Crippen LogP contribution is -2.21. The fourth-order valence-electron chi connectivity index (χ4n) is 2.59. The lowest BCUT2D eigenvalue weighted by molar-refractivity contribution is 0.143. The minimum Gasteiger partial charge on any atom is -0.382 e. The summed E-state index contributed by atoms with van der Waals surface area (Å²) in [5.41, 5.74) is 2.61. The maximum absolute atomic E-state index is 5.34. The summed E-state index contributed by atoms with van der Waals surface area (Å²) < 4.78 is 8.94. The van der Waals surface area contributed by atoms with Gasteiger partial charge in [0, 0.05) is 47.4 Å². The number of hydrogen-bond acceptors (Lipinski definition) is 2. The first-order valence-corrected chi connectivity index (χ1v) is 8.56. The van der Waals surface area contributed by atoms with Crippen LogP contribution in [0.2, 0.25) is 0 Å². The molecule has 2 rings (SSSR count). The van der Waals surface area contributed by atoms with Crippen LogP contribution in [0.4, 0.5) is 0 Å². The molecule has 0 atom stereocenters. The van der Waals surface area contributed by atoms with E-state index in [0.29, 0.717) is 0 Å². The molecular weight excluding hydrogens is 328 g/mol. The molecule has 21 heavy (non-hydrogen) atoms. The zero-order valence-corrected chi connectivity index (χ0v) is 14.6. The summed E-state index contributed by atoms with van der Waals surface area (Å²) in [5, 5.41) is 4.82. The Bertz CT molecular complexity index is 565. The van der Waals surface area contributed by atoms with E-state index in [4.69, 9.17) is 4.74 Å². The Morgan fingerprint density at radius 2 is 2.00 bits per heavy atom. The summed E-state index contributed by atoms with van der Waals surface area (Å²) in [7, 11) is 0. The number of ether oxygens (including phenoxy) is 1. The van der Waals surface area contributed by atoms with Gasteiger partial charge in [0.1, 0.15) is 0 Å². The van der Waals surface area contributed by atoms with E-state index in [1.807, 2.05) is 6.92 Å². The molecule has 0 spiro atoms. The number of halogens is 1. The van der Waals surface area contributed by atoms with Crippen molar-refractivity contribution in [3.05, 3.63) is 34.4 Å². The van der Waals surface area contributed by atoms with Crippen LogP contribution in [0.5, 0.6) is 0 Å². The van der Waals surface area contributed by atoms with Gasteiger partial charge in [-0.1, -0.05) is 18.2 Å². The zero-order chi connectivity index (χ0) is 15.1. The molecule has 2 aromatic rings. The van der Waals surface area contributed by atoms with Crippen LogP contribution in [0.3, 0.4) is 0 Å². The maximum Gasteiger partial charge on any atom is 0.0494 e. The van der Waals surface area contributed by atoms with Gasteiger partial charge in [0.2, 0.25) is 0 Å². The molecule has 0 fully saturated rings. The van der Waals surface area contributed by atoms with Crippen LogP contribution in [-0.4, -0.2) is 30.9 Å². The molecule has 0 bridgehead atoms. The molecule has 0 saturated carbocycles. The third-order valence-corrected chi connectivity index (χ3v) is 4.76. The van der Waals surface area contributed by atoms with Gasteiger partial charge in [-0.2, -0.15) is 0 Å². The number of nitrogens with one attached hydrogen (secondary N) is 1. The molecule has 0 radical (unpaired) electrons. The highest BCUT2D eigenvalue weighted by atomic mass is 79.9. The van der Waals surface area contributed by atoms with Crippen LogP contribution in [0, 0.1) is 6.92 Å². The van der Waals surface area contributed by atoms with Crippen molar-refractivity contribution < 1.29 is 4.74 Å². The highest BCUT2D eigenvalue weighted by Gasteiger charge is 2.10. The molecule has 0 saturated heterocycles. The Morgan fingerprint density at radius 3 is 2.81 bits per heavy atom. The first-order valence-electron chi connectivity index (χ1n) is 7.77. The highest BCUT2D eigenvalue weighted by molar-refractivity contribution is 9.10. The number of rotatable bonds is 9. The maximum atomic E-state index is 5.34. The molecule has 0 aliphatic carbocycles. The van der Waals surface area contributed by atoms with Crippen LogP contribution in [-0.2, 0) is 11.3 Å². The molecule has 0 unspecified atom stereocenters. The number of nitrogens with zero attached hydrogens (tertiary/aromatic N) is 1. The molecule has 0 aliphatic rings. The third kappa shape index (κ3) is 4.31. The molecule has 1 aromatic heterocycles. The third-order valence-electron chi connectivity index (χ3n) is 3.76. The van der Waals surface area contributed by atoms with Gasteiger partial charge in [0.05, 0.1) is 0 Å². The predicted octanol–water partition coefficient (Wildman–Crippen LogP) is 4.12. The summed E-state index contributed by atoms with van der Waals surface area (Å²) in [4.78, 5) is 0. The minimum atomic E-state index is 0.822. The molecule has 116 valence electrons.